The maximum atomic E-state index is 12.9. The molecule has 0 heterocycles. The van der Waals surface area contributed by atoms with E-state index in [4.69, 9.17) is 4.74 Å². The summed E-state index contributed by atoms with van der Waals surface area (Å²) in [5, 5.41) is 2.91. The highest BCUT2D eigenvalue weighted by atomic mass is 79.9. The van der Waals surface area contributed by atoms with Crippen molar-refractivity contribution in [2.75, 3.05) is 13.2 Å². The van der Waals surface area contributed by atoms with Gasteiger partial charge in [-0.05, 0) is 55.3 Å². The van der Waals surface area contributed by atoms with Crippen LogP contribution in [0.4, 0.5) is 0 Å². The minimum Gasteiger partial charge on any atom is -0.484 e. The zero-order valence-corrected chi connectivity index (χ0v) is 19.8. The van der Waals surface area contributed by atoms with Crippen LogP contribution in [0.2, 0.25) is 0 Å². The van der Waals surface area contributed by atoms with Gasteiger partial charge in [0.2, 0.25) is 5.91 Å². The number of rotatable bonds is 10. The Morgan fingerprint density at radius 1 is 1.10 bits per heavy atom. The second kappa shape index (κ2) is 12.0. The topological polar surface area (TPSA) is 58.6 Å². The van der Waals surface area contributed by atoms with Gasteiger partial charge in [-0.1, -0.05) is 57.3 Å². The summed E-state index contributed by atoms with van der Waals surface area (Å²) in [6, 6.07) is 14.4. The van der Waals surface area contributed by atoms with Gasteiger partial charge in [-0.3, -0.25) is 9.59 Å². The van der Waals surface area contributed by atoms with Crippen molar-refractivity contribution in [1.29, 1.82) is 0 Å². The summed E-state index contributed by atoms with van der Waals surface area (Å²) in [7, 11) is 0. The van der Waals surface area contributed by atoms with Crippen molar-refractivity contribution < 1.29 is 14.3 Å². The fourth-order valence-corrected chi connectivity index (χ4v) is 3.42. The smallest absolute Gasteiger partial charge is 0.261 e. The standard InChI is InChI=1S/C22H26Br2N2O3/c1-3-4-12-25-22(28)16(2)26(14-17-6-5-7-19(24)13-17)21(27)15-29-20-10-8-18(23)9-11-20/h5-11,13,16H,3-4,12,14-15H2,1-2H3,(H,25,28)/t16-/m0/s1. The molecule has 1 atom stereocenters. The Kier molecular flexibility index (Phi) is 9.67. The van der Waals surface area contributed by atoms with Crippen LogP contribution in [0.5, 0.6) is 5.75 Å². The van der Waals surface area contributed by atoms with Gasteiger partial charge in [0.25, 0.3) is 5.91 Å². The third kappa shape index (κ3) is 7.82. The zero-order valence-electron chi connectivity index (χ0n) is 16.7. The van der Waals surface area contributed by atoms with E-state index in [-0.39, 0.29) is 18.4 Å². The average Bonchev–Trinajstić information content (AvgIpc) is 2.71. The van der Waals surface area contributed by atoms with Crippen LogP contribution in [-0.4, -0.2) is 35.9 Å². The molecule has 156 valence electrons. The van der Waals surface area contributed by atoms with E-state index in [2.05, 4.69) is 44.1 Å². The van der Waals surface area contributed by atoms with E-state index in [1.54, 1.807) is 24.0 Å². The highest BCUT2D eigenvalue weighted by Crippen LogP contribution is 2.18. The Hall–Kier alpha value is -1.86. The number of ether oxygens (including phenoxy) is 1. The predicted octanol–water partition coefficient (Wildman–Crippen LogP) is 4.92. The van der Waals surface area contributed by atoms with Crippen LogP contribution >= 0.6 is 31.9 Å². The molecule has 2 amide bonds. The van der Waals surface area contributed by atoms with Crippen LogP contribution in [0.1, 0.15) is 32.3 Å². The number of hydrogen-bond acceptors (Lipinski definition) is 3. The van der Waals surface area contributed by atoms with Crippen molar-refractivity contribution in [2.45, 2.75) is 39.3 Å². The van der Waals surface area contributed by atoms with Crippen molar-refractivity contribution in [3.63, 3.8) is 0 Å². The Labute approximate surface area is 189 Å². The van der Waals surface area contributed by atoms with Gasteiger partial charge in [0.15, 0.2) is 6.61 Å². The summed E-state index contributed by atoms with van der Waals surface area (Å²) < 4.78 is 7.50. The quantitative estimate of drug-likeness (QED) is 0.448. The number of carbonyl (C=O) groups excluding carboxylic acids is 2. The molecule has 2 rings (SSSR count). The number of benzene rings is 2. The summed E-state index contributed by atoms with van der Waals surface area (Å²) >= 11 is 6.83. The summed E-state index contributed by atoms with van der Waals surface area (Å²) in [4.78, 5) is 27.1. The Bertz CT molecular complexity index is 812. The SMILES string of the molecule is CCCCNC(=O)[C@H](C)N(Cc1cccc(Br)c1)C(=O)COc1ccc(Br)cc1. The van der Waals surface area contributed by atoms with Crippen LogP contribution in [0.25, 0.3) is 0 Å². The molecule has 0 bridgehead atoms. The third-order valence-electron chi connectivity index (χ3n) is 4.41. The first-order valence-corrected chi connectivity index (χ1v) is 11.2. The molecule has 2 aromatic carbocycles. The Balaban J connectivity index is 2.10. The molecule has 29 heavy (non-hydrogen) atoms. The minimum atomic E-state index is -0.605. The van der Waals surface area contributed by atoms with E-state index in [1.165, 1.54) is 0 Å². The molecule has 1 N–H and O–H groups in total. The summed E-state index contributed by atoms with van der Waals surface area (Å²) in [6.07, 6.45) is 1.90. The molecule has 0 aliphatic heterocycles. The van der Waals surface area contributed by atoms with E-state index in [1.807, 2.05) is 36.4 Å². The Morgan fingerprint density at radius 3 is 2.48 bits per heavy atom. The molecule has 0 unspecified atom stereocenters. The lowest BCUT2D eigenvalue weighted by molar-refractivity contribution is -0.142. The summed E-state index contributed by atoms with van der Waals surface area (Å²) in [6.45, 7) is 4.61. The largest absolute Gasteiger partial charge is 0.484 e. The fraction of sp³-hybridized carbons (Fsp3) is 0.364. The average molecular weight is 526 g/mol. The second-order valence-electron chi connectivity index (χ2n) is 6.71. The van der Waals surface area contributed by atoms with Gasteiger partial charge in [-0.25, -0.2) is 0 Å². The van der Waals surface area contributed by atoms with Crippen molar-refractivity contribution in [3.05, 3.63) is 63.0 Å². The van der Waals surface area contributed by atoms with Gasteiger partial charge >= 0.3 is 0 Å². The second-order valence-corrected chi connectivity index (χ2v) is 8.55. The lowest BCUT2D eigenvalue weighted by Gasteiger charge is -2.28. The Morgan fingerprint density at radius 2 is 1.83 bits per heavy atom. The summed E-state index contributed by atoms with van der Waals surface area (Å²) in [5.41, 5.74) is 0.935. The van der Waals surface area contributed by atoms with Crippen LogP contribution in [0.15, 0.2) is 57.5 Å². The molecule has 0 aliphatic rings. The molecule has 0 fully saturated rings. The highest BCUT2D eigenvalue weighted by molar-refractivity contribution is 9.10. The maximum Gasteiger partial charge on any atom is 0.261 e. The number of nitrogens with one attached hydrogen (secondary N) is 1. The maximum absolute atomic E-state index is 12.9. The molecule has 0 radical (unpaired) electrons. The molecule has 2 aromatic rings. The van der Waals surface area contributed by atoms with Crippen LogP contribution in [0.3, 0.4) is 0 Å². The molecule has 0 saturated carbocycles. The first-order chi connectivity index (χ1) is 13.9. The van der Waals surface area contributed by atoms with Gasteiger partial charge in [0, 0.05) is 22.0 Å². The number of amides is 2. The molecule has 0 spiro atoms. The number of unbranched alkanes of at least 4 members (excludes halogenated alkanes) is 1. The number of nitrogens with zero attached hydrogens (tertiary/aromatic N) is 1. The number of halogens is 2. The monoisotopic (exact) mass is 524 g/mol. The van der Waals surface area contributed by atoms with Gasteiger partial charge in [0.1, 0.15) is 11.8 Å². The molecular weight excluding hydrogens is 500 g/mol. The van der Waals surface area contributed by atoms with Crippen LogP contribution in [-0.2, 0) is 16.1 Å². The van der Waals surface area contributed by atoms with Crippen LogP contribution < -0.4 is 10.1 Å². The number of carbonyl (C=O) groups is 2. The van der Waals surface area contributed by atoms with Gasteiger partial charge in [-0.2, -0.15) is 0 Å². The van der Waals surface area contributed by atoms with E-state index in [0.717, 1.165) is 27.4 Å². The van der Waals surface area contributed by atoms with Gasteiger partial charge in [-0.15, -0.1) is 0 Å². The first-order valence-electron chi connectivity index (χ1n) is 9.60. The van der Waals surface area contributed by atoms with E-state index in [9.17, 15) is 9.59 Å². The molecule has 0 aromatic heterocycles. The normalized spacial score (nSPS) is 11.6. The van der Waals surface area contributed by atoms with E-state index >= 15 is 0 Å². The number of hydrogen-bond donors (Lipinski definition) is 1. The van der Waals surface area contributed by atoms with E-state index in [0.29, 0.717) is 18.8 Å². The van der Waals surface area contributed by atoms with Crippen molar-refractivity contribution >= 4 is 43.7 Å². The first kappa shape index (κ1) is 23.4. The molecule has 7 heteroatoms. The molecular formula is C22H26Br2N2O3. The third-order valence-corrected chi connectivity index (χ3v) is 5.44. The predicted molar refractivity (Wildman–Crippen MR) is 122 cm³/mol. The minimum absolute atomic E-state index is 0.137. The zero-order chi connectivity index (χ0) is 21.2. The molecule has 0 aliphatic carbocycles. The van der Waals surface area contributed by atoms with Crippen molar-refractivity contribution in [1.82, 2.24) is 10.2 Å². The fourth-order valence-electron chi connectivity index (χ4n) is 2.71. The van der Waals surface area contributed by atoms with Crippen molar-refractivity contribution in [2.24, 2.45) is 0 Å². The van der Waals surface area contributed by atoms with Crippen LogP contribution in [0, 0.1) is 0 Å². The highest BCUT2D eigenvalue weighted by Gasteiger charge is 2.26. The lowest BCUT2D eigenvalue weighted by Crippen LogP contribution is -2.49. The molecule has 5 nitrogen and oxygen atoms in total. The molecule has 0 saturated heterocycles. The van der Waals surface area contributed by atoms with Gasteiger partial charge in [0.05, 0.1) is 0 Å². The summed E-state index contributed by atoms with van der Waals surface area (Å²) in [5.74, 6) is 0.195. The lowest BCUT2D eigenvalue weighted by atomic mass is 10.1. The van der Waals surface area contributed by atoms with Crippen molar-refractivity contribution in [3.8, 4) is 5.75 Å². The van der Waals surface area contributed by atoms with Gasteiger partial charge < -0.3 is 15.0 Å². The van der Waals surface area contributed by atoms with E-state index < -0.39 is 6.04 Å².